The van der Waals surface area contributed by atoms with E-state index in [0.717, 1.165) is 11.3 Å². The molecule has 1 rings (SSSR count). The van der Waals surface area contributed by atoms with Gasteiger partial charge >= 0.3 is 0 Å². The molecule has 0 amide bonds. The van der Waals surface area contributed by atoms with Crippen LogP contribution in [0, 0.1) is 17.7 Å². The van der Waals surface area contributed by atoms with Crippen molar-refractivity contribution in [3.8, 4) is 11.8 Å². The van der Waals surface area contributed by atoms with Crippen LogP contribution in [0.15, 0.2) is 18.2 Å². The Labute approximate surface area is 99.0 Å². The van der Waals surface area contributed by atoms with E-state index in [9.17, 15) is 4.39 Å². The van der Waals surface area contributed by atoms with Crippen molar-refractivity contribution in [1.82, 2.24) is 0 Å². The SMILES string of the molecule is NCC#Cc1cc(F)ccc1CSCCO. The van der Waals surface area contributed by atoms with Gasteiger partial charge in [0.2, 0.25) is 0 Å². The summed E-state index contributed by atoms with van der Waals surface area (Å²) in [5, 5.41) is 8.67. The van der Waals surface area contributed by atoms with Crippen molar-refractivity contribution in [3.05, 3.63) is 35.1 Å². The topological polar surface area (TPSA) is 46.2 Å². The highest BCUT2D eigenvalue weighted by Gasteiger charge is 2.02. The lowest BCUT2D eigenvalue weighted by Crippen LogP contribution is -1.95. The third-order valence-electron chi connectivity index (χ3n) is 1.89. The molecule has 0 fully saturated rings. The minimum Gasteiger partial charge on any atom is -0.396 e. The minimum absolute atomic E-state index is 0.148. The standard InChI is InChI=1S/C12H14FNOS/c13-12-4-3-11(9-16-7-6-15)10(8-12)2-1-5-14/h3-4,8,15H,5-7,9,14H2. The molecule has 2 nitrogen and oxygen atoms in total. The lowest BCUT2D eigenvalue weighted by atomic mass is 10.1. The second-order valence-electron chi connectivity index (χ2n) is 3.08. The molecule has 0 radical (unpaired) electrons. The summed E-state index contributed by atoms with van der Waals surface area (Å²) in [6, 6.07) is 4.56. The van der Waals surface area contributed by atoms with Crippen LogP contribution in [-0.4, -0.2) is 24.0 Å². The Morgan fingerprint density at radius 1 is 1.44 bits per heavy atom. The fraction of sp³-hybridized carbons (Fsp3) is 0.333. The zero-order valence-corrected chi connectivity index (χ0v) is 9.69. The molecule has 0 aliphatic carbocycles. The van der Waals surface area contributed by atoms with Crippen LogP contribution in [0.4, 0.5) is 4.39 Å². The third-order valence-corrected chi connectivity index (χ3v) is 2.88. The van der Waals surface area contributed by atoms with Crippen LogP contribution in [0.2, 0.25) is 0 Å². The zero-order valence-electron chi connectivity index (χ0n) is 8.87. The van der Waals surface area contributed by atoms with E-state index in [4.69, 9.17) is 10.8 Å². The summed E-state index contributed by atoms with van der Waals surface area (Å²) in [5.74, 6) is 6.66. The number of aliphatic hydroxyl groups excluding tert-OH is 1. The Kier molecular flexibility index (Phi) is 5.94. The van der Waals surface area contributed by atoms with Crippen molar-refractivity contribution in [2.24, 2.45) is 5.73 Å². The van der Waals surface area contributed by atoms with E-state index in [1.54, 1.807) is 17.8 Å². The second-order valence-corrected chi connectivity index (χ2v) is 4.19. The molecule has 0 aliphatic heterocycles. The van der Waals surface area contributed by atoms with Gasteiger partial charge in [-0.2, -0.15) is 11.8 Å². The molecule has 86 valence electrons. The van der Waals surface area contributed by atoms with Crippen molar-refractivity contribution in [3.63, 3.8) is 0 Å². The number of halogens is 1. The van der Waals surface area contributed by atoms with Crippen LogP contribution < -0.4 is 5.73 Å². The number of thioether (sulfide) groups is 1. The first-order valence-electron chi connectivity index (χ1n) is 4.94. The smallest absolute Gasteiger partial charge is 0.124 e. The summed E-state index contributed by atoms with van der Waals surface area (Å²) < 4.78 is 13.0. The molecule has 0 spiro atoms. The van der Waals surface area contributed by atoms with Crippen molar-refractivity contribution >= 4 is 11.8 Å². The molecule has 0 atom stereocenters. The van der Waals surface area contributed by atoms with Gasteiger partial charge in [0.1, 0.15) is 5.82 Å². The molecule has 0 saturated heterocycles. The van der Waals surface area contributed by atoms with Crippen LogP contribution in [-0.2, 0) is 5.75 Å². The van der Waals surface area contributed by atoms with E-state index >= 15 is 0 Å². The Morgan fingerprint density at radius 2 is 2.25 bits per heavy atom. The fourth-order valence-corrected chi connectivity index (χ4v) is 1.93. The summed E-state index contributed by atoms with van der Waals surface area (Å²) >= 11 is 1.59. The van der Waals surface area contributed by atoms with E-state index in [1.807, 2.05) is 0 Å². The lowest BCUT2D eigenvalue weighted by Gasteiger charge is -2.04. The molecule has 0 aromatic heterocycles. The molecular weight excluding hydrogens is 225 g/mol. The summed E-state index contributed by atoms with van der Waals surface area (Å²) in [6.07, 6.45) is 0. The maximum Gasteiger partial charge on any atom is 0.124 e. The first kappa shape index (κ1) is 13.0. The Morgan fingerprint density at radius 3 is 2.94 bits per heavy atom. The maximum absolute atomic E-state index is 13.0. The molecule has 0 bridgehead atoms. The lowest BCUT2D eigenvalue weighted by molar-refractivity contribution is 0.322. The summed E-state index contributed by atoms with van der Waals surface area (Å²) in [7, 11) is 0. The van der Waals surface area contributed by atoms with Gasteiger partial charge in [-0.15, -0.1) is 0 Å². The molecule has 0 aliphatic rings. The molecule has 1 aromatic rings. The summed E-state index contributed by atoms with van der Waals surface area (Å²) in [4.78, 5) is 0. The fourth-order valence-electron chi connectivity index (χ4n) is 1.18. The van der Waals surface area contributed by atoms with E-state index in [-0.39, 0.29) is 19.0 Å². The quantitative estimate of drug-likeness (QED) is 0.616. The summed E-state index contributed by atoms with van der Waals surface area (Å²) in [5.41, 5.74) is 6.93. The monoisotopic (exact) mass is 239 g/mol. The molecule has 4 heteroatoms. The maximum atomic E-state index is 13.0. The predicted octanol–water partition coefficient (Wildman–Crippen LogP) is 1.36. The van der Waals surface area contributed by atoms with Crippen molar-refractivity contribution in [2.45, 2.75) is 5.75 Å². The molecule has 0 heterocycles. The van der Waals surface area contributed by atoms with Crippen LogP contribution >= 0.6 is 11.8 Å². The number of rotatable bonds is 4. The van der Waals surface area contributed by atoms with Crippen LogP contribution in [0.1, 0.15) is 11.1 Å². The minimum atomic E-state index is -0.294. The first-order chi connectivity index (χ1) is 7.77. The van der Waals surface area contributed by atoms with Gasteiger partial charge in [0.15, 0.2) is 0 Å². The van der Waals surface area contributed by atoms with Crippen LogP contribution in [0.5, 0.6) is 0 Å². The highest BCUT2D eigenvalue weighted by molar-refractivity contribution is 7.98. The Balaban J connectivity index is 2.80. The largest absolute Gasteiger partial charge is 0.396 e. The number of nitrogens with two attached hydrogens (primary N) is 1. The first-order valence-corrected chi connectivity index (χ1v) is 6.09. The van der Waals surface area contributed by atoms with Gasteiger partial charge in [-0.1, -0.05) is 17.9 Å². The molecule has 3 N–H and O–H groups in total. The van der Waals surface area contributed by atoms with Gasteiger partial charge in [-0.25, -0.2) is 4.39 Å². The Hall–Kier alpha value is -1.02. The molecule has 1 aromatic carbocycles. The average molecular weight is 239 g/mol. The van der Waals surface area contributed by atoms with Gasteiger partial charge in [0, 0.05) is 17.1 Å². The highest BCUT2D eigenvalue weighted by Crippen LogP contribution is 2.17. The van der Waals surface area contributed by atoms with E-state index < -0.39 is 0 Å². The van der Waals surface area contributed by atoms with Gasteiger partial charge in [-0.05, 0) is 17.7 Å². The molecule has 0 saturated carbocycles. The Bertz CT molecular complexity index is 398. The number of aliphatic hydroxyl groups is 1. The normalized spacial score (nSPS) is 9.69. The molecule has 16 heavy (non-hydrogen) atoms. The van der Waals surface area contributed by atoms with Gasteiger partial charge in [0.05, 0.1) is 13.2 Å². The van der Waals surface area contributed by atoms with E-state index in [2.05, 4.69) is 11.8 Å². The summed E-state index contributed by atoms with van der Waals surface area (Å²) in [6.45, 7) is 0.412. The predicted molar refractivity (Wildman–Crippen MR) is 65.6 cm³/mol. The van der Waals surface area contributed by atoms with Gasteiger partial charge < -0.3 is 10.8 Å². The van der Waals surface area contributed by atoms with E-state index in [1.165, 1.54) is 12.1 Å². The number of hydrogen-bond acceptors (Lipinski definition) is 3. The number of benzene rings is 1. The van der Waals surface area contributed by atoms with Gasteiger partial charge in [0.25, 0.3) is 0 Å². The third kappa shape index (κ3) is 4.23. The number of hydrogen-bond donors (Lipinski definition) is 2. The van der Waals surface area contributed by atoms with Crippen LogP contribution in [0.3, 0.4) is 0 Å². The second kappa shape index (κ2) is 7.29. The van der Waals surface area contributed by atoms with Crippen molar-refractivity contribution < 1.29 is 9.50 Å². The van der Waals surface area contributed by atoms with Gasteiger partial charge in [-0.3, -0.25) is 0 Å². The van der Waals surface area contributed by atoms with E-state index in [0.29, 0.717) is 11.3 Å². The van der Waals surface area contributed by atoms with Crippen molar-refractivity contribution in [1.29, 1.82) is 0 Å². The zero-order chi connectivity index (χ0) is 11.8. The van der Waals surface area contributed by atoms with Crippen LogP contribution in [0.25, 0.3) is 0 Å². The molecular formula is C12H14FNOS. The van der Waals surface area contributed by atoms with Crippen molar-refractivity contribution in [2.75, 3.05) is 18.9 Å². The highest BCUT2D eigenvalue weighted by atomic mass is 32.2. The average Bonchev–Trinajstić information content (AvgIpc) is 2.29. The molecule has 0 unspecified atom stereocenters.